The second-order valence-corrected chi connectivity index (χ2v) is 7.98. The van der Waals surface area contributed by atoms with Crippen LogP contribution >= 0.6 is 0 Å². The van der Waals surface area contributed by atoms with Crippen molar-refractivity contribution in [3.05, 3.63) is 95.3 Å². The molecule has 5 rings (SSSR count). The van der Waals surface area contributed by atoms with E-state index in [1.165, 1.54) is 16.0 Å². The summed E-state index contributed by atoms with van der Waals surface area (Å²) in [6.07, 6.45) is -1.02. The molecule has 2 fully saturated rings. The van der Waals surface area contributed by atoms with E-state index in [0.29, 0.717) is 16.9 Å². The van der Waals surface area contributed by atoms with Gasteiger partial charge in [0.1, 0.15) is 11.7 Å². The molecule has 0 unspecified atom stereocenters. The zero-order chi connectivity index (χ0) is 21.7. The van der Waals surface area contributed by atoms with E-state index in [9.17, 15) is 14.0 Å². The van der Waals surface area contributed by atoms with E-state index in [0.717, 1.165) is 11.1 Å². The average molecular weight is 416 g/mol. The Hall–Kier alpha value is -3.51. The van der Waals surface area contributed by atoms with E-state index in [2.05, 4.69) is 0 Å². The highest BCUT2D eigenvalue weighted by atomic mass is 19.1. The lowest BCUT2D eigenvalue weighted by Crippen LogP contribution is -2.38. The highest BCUT2D eigenvalue weighted by Crippen LogP contribution is 2.48. The molecule has 6 heteroatoms. The smallest absolute Gasteiger partial charge is 0.266 e. The molecule has 0 aliphatic carbocycles. The molecule has 156 valence electrons. The first-order valence-electron chi connectivity index (χ1n) is 10.2. The number of hydrogen-bond acceptors (Lipinski definition) is 4. The van der Waals surface area contributed by atoms with Gasteiger partial charge >= 0.3 is 0 Å². The van der Waals surface area contributed by atoms with Crippen LogP contribution in [0.15, 0.2) is 72.8 Å². The van der Waals surface area contributed by atoms with Gasteiger partial charge in [0.25, 0.3) is 5.91 Å². The standard InChI is InChI=1S/C25H21FN2O3/c1-15-12-13-20(16(2)14-15)27-24(29)21-22(18-10-6-7-11-19(18)26)28(31-23(21)25(27)30)17-8-4-3-5-9-17/h3-14,21-23H,1-2H3/t21-,22+,23-/m1/s1. The molecule has 0 spiro atoms. The predicted octanol–water partition coefficient (Wildman–Crippen LogP) is 4.49. The van der Waals surface area contributed by atoms with Crippen LogP contribution in [-0.4, -0.2) is 17.9 Å². The fraction of sp³-hybridized carbons (Fsp3) is 0.200. The van der Waals surface area contributed by atoms with Crippen molar-refractivity contribution in [2.24, 2.45) is 5.92 Å². The maximum atomic E-state index is 14.8. The third-order valence-corrected chi connectivity index (χ3v) is 5.94. The van der Waals surface area contributed by atoms with Gasteiger partial charge in [0.05, 0.1) is 17.4 Å². The molecule has 3 aromatic rings. The van der Waals surface area contributed by atoms with Crippen LogP contribution in [0.25, 0.3) is 0 Å². The number of nitrogens with zero attached hydrogens (tertiary/aromatic N) is 2. The van der Waals surface area contributed by atoms with Crippen LogP contribution in [-0.2, 0) is 14.4 Å². The molecule has 2 saturated heterocycles. The van der Waals surface area contributed by atoms with Crippen LogP contribution in [0.4, 0.5) is 15.8 Å². The number of hydroxylamine groups is 1. The monoisotopic (exact) mass is 416 g/mol. The number of imide groups is 1. The van der Waals surface area contributed by atoms with Crippen molar-refractivity contribution in [3.8, 4) is 0 Å². The molecule has 3 aromatic carbocycles. The fourth-order valence-electron chi connectivity index (χ4n) is 4.54. The summed E-state index contributed by atoms with van der Waals surface area (Å²) in [6, 6.07) is 20.3. The van der Waals surface area contributed by atoms with E-state index < -0.39 is 29.8 Å². The molecule has 31 heavy (non-hydrogen) atoms. The first-order valence-corrected chi connectivity index (χ1v) is 10.2. The molecule has 2 aliphatic rings. The molecule has 2 amide bonds. The number of amides is 2. The lowest BCUT2D eigenvalue weighted by atomic mass is 9.90. The SMILES string of the molecule is Cc1ccc(N2C(=O)[C@H]3[C@@H](ON(c4ccccc4)[C@H]3c3ccccc3F)C2=O)c(C)c1. The van der Waals surface area contributed by atoms with Crippen molar-refractivity contribution in [1.29, 1.82) is 0 Å². The predicted molar refractivity (Wildman–Crippen MR) is 115 cm³/mol. The topological polar surface area (TPSA) is 49.9 Å². The first-order chi connectivity index (χ1) is 15.0. The summed E-state index contributed by atoms with van der Waals surface area (Å²) in [5.74, 6) is -2.11. The van der Waals surface area contributed by atoms with E-state index in [1.807, 2.05) is 56.3 Å². The number of para-hydroxylation sites is 1. The number of rotatable bonds is 3. The third kappa shape index (κ3) is 3.02. The van der Waals surface area contributed by atoms with Gasteiger partial charge in [-0.25, -0.2) is 14.4 Å². The van der Waals surface area contributed by atoms with Crippen molar-refractivity contribution in [3.63, 3.8) is 0 Å². The normalized spacial score (nSPS) is 22.9. The van der Waals surface area contributed by atoms with Gasteiger partial charge in [-0.1, -0.05) is 54.1 Å². The summed E-state index contributed by atoms with van der Waals surface area (Å²) in [5.41, 5.74) is 3.38. The molecule has 2 heterocycles. The van der Waals surface area contributed by atoms with Gasteiger partial charge in [-0.15, -0.1) is 0 Å². The van der Waals surface area contributed by atoms with Gasteiger partial charge < -0.3 is 0 Å². The largest absolute Gasteiger partial charge is 0.273 e. The second-order valence-electron chi connectivity index (χ2n) is 7.98. The summed E-state index contributed by atoms with van der Waals surface area (Å²) in [4.78, 5) is 34.2. The Bertz CT molecular complexity index is 1180. The summed E-state index contributed by atoms with van der Waals surface area (Å²) >= 11 is 0. The van der Waals surface area contributed by atoms with Crippen LogP contribution < -0.4 is 9.96 Å². The van der Waals surface area contributed by atoms with Crippen LogP contribution in [0.1, 0.15) is 22.7 Å². The Balaban J connectivity index is 1.61. The lowest BCUT2D eigenvalue weighted by molar-refractivity contribution is -0.126. The first kappa shape index (κ1) is 19.5. The summed E-state index contributed by atoms with van der Waals surface area (Å²) in [5, 5.41) is 1.50. The Labute approximate surface area is 179 Å². The fourth-order valence-corrected chi connectivity index (χ4v) is 4.54. The van der Waals surface area contributed by atoms with E-state index >= 15 is 0 Å². The minimum atomic E-state index is -1.02. The minimum absolute atomic E-state index is 0.322. The zero-order valence-electron chi connectivity index (χ0n) is 17.2. The molecular formula is C25H21FN2O3. The Morgan fingerprint density at radius 3 is 2.29 bits per heavy atom. The lowest BCUT2D eigenvalue weighted by Gasteiger charge is -2.29. The molecule has 0 bridgehead atoms. The van der Waals surface area contributed by atoms with Crippen molar-refractivity contribution >= 4 is 23.2 Å². The quantitative estimate of drug-likeness (QED) is 0.590. The van der Waals surface area contributed by atoms with Gasteiger partial charge in [0, 0.05) is 5.56 Å². The summed E-state index contributed by atoms with van der Waals surface area (Å²) in [6.45, 7) is 3.82. The van der Waals surface area contributed by atoms with Gasteiger partial charge in [0.15, 0.2) is 6.10 Å². The number of benzene rings is 3. The molecular weight excluding hydrogens is 395 g/mol. The second kappa shape index (κ2) is 7.32. The van der Waals surface area contributed by atoms with Crippen LogP contribution in [0, 0.1) is 25.6 Å². The summed E-state index contributed by atoms with van der Waals surface area (Å²) < 4.78 is 14.8. The van der Waals surface area contributed by atoms with Gasteiger partial charge in [0.2, 0.25) is 5.91 Å². The van der Waals surface area contributed by atoms with Crippen LogP contribution in [0.2, 0.25) is 0 Å². The number of anilines is 2. The maximum absolute atomic E-state index is 14.8. The highest BCUT2D eigenvalue weighted by Gasteiger charge is 2.60. The van der Waals surface area contributed by atoms with Crippen LogP contribution in [0.3, 0.4) is 0 Å². The number of hydrogen-bond donors (Lipinski definition) is 0. The van der Waals surface area contributed by atoms with Crippen molar-refractivity contribution in [2.45, 2.75) is 26.0 Å². The van der Waals surface area contributed by atoms with Crippen molar-refractivity contribution in [2.75, 3.05) is 9.96 Å². The Morgan fingerprint density at radius 1 is 0.871 bits per heavy atom. The maximum Gasteiger partial charge on any atom is 0.266 e. The van der Waals surface area contributed by atoms with Crippen molar-refractivity contribution < 1.29 is 18.8 Å². The average Bonchev–Trinajstić information content (AvgIpc) is 3.26. The third-order valence-electron chi connectivity index (χ3n) is 5.94. The van der Waals surface area contributed by atoms with E-state index in [1.54, 1.807) is 24.3 Å². The summed E-state index contributed by atoms with van der Waals surface area (Å²) in [7, 11) is 0. The van der Waals surface area contributed by atoms with E-state index in [4.69, 9.17) is 4.84 Å². The zero-order valence-corrected chi connectivity index (χ0v) is 17.2. The van der Waals surface area contributed by atoms with Gasteiger partial charge in [-0.05, 0) is 43.7 Å². The molecule has 2 aliphatic heterocycles. The highest BCUT2D eigenvalue weighted by molar-refractivity contribution is 6.24. The number of fused-ring (bicyclic) bond motifs is 1. The van der Waals surface area contributed by atoms with Gasteiger partial charge in [-0.3, -0.25) is 14.4 Å². The molecule has 0 aromatic heterocycles. The molecule has 0 N–H and O–H groups in total. The van der Waals surface area contributed by atoms with Gasteiger partial charge in [-0.2, -0.15) is 0 Å². The molecule has 0 radical (unpaired) electrons. The van der Waals surface area contributed by atoms with Crippen LogP contribution in [0.5, 0.6) is 0 Å². The molecule has 3 atom stereocenters. The number of aryl methyl sites for hydroxylation is 2. The number of carbonyl (C=O) groups excluding carboxylic acids is 2. The Kier molecular flexibility index (Phi) is 4.59. The number of carbonyl (C=O) groups is 2. The minimum Gasteiger partial charge on any atom is -0.273 e. The molecule has 5 nitrogen and oxygen atoms in total. The number of halogens is 1. The Morgan fingerprint density at radius 2 is 1.58 bits per heavy atom. The van der Waals surface area contributed by atoms with Crippen molar-refractivity contribution in [1.82, 2.24) is 0 Å². The molecule has 0 saturated carbocycles. The van der Waals surface area contributed by atoms with E-state index in [-0.39, 0.29) is 5.91 Å².